The Morgan fingerprint density at radius 1 is 1.50 bits per heavy atom. The third kappa shape index (κ3) is 2.27. The largest absolute Gasteiger partial charge is 0.394 e. The fraction of sp³-hybridized carbons (Fsp3) is 0.250. The molecule has 1 aromatic carbocycles. The lowest BCUT2D eigenvalue weighted by molar-refractivity contribution is 0.267. The molecule has 0 aliphatic heterocycles. The number of nitrogens with two attached hydrogens (primary N) is 1. The van der Waals surface area contributed by atoms with Crippen molar-refractivity contribution < 1.29 is 9.50 Å². The van der Waals surface area contributed by atoms with Crippen LogP contribution in [0.1, 0.15) is 11.6 Å². The fourth-order valence-electron chi connectivity index (χ4n) is 0.895. The monoisotopic (exact) mass is 233 g/mol. The van der Waals surface area contributed by atoms with Crippen LogP contribution in [0.3, 0.4) is 0 Å². The number of halogens is 2. The molecule has 0 bridgehead atoms. The molecule has 0 radical (unpaired) electrons. The van der Waals surface area contributed by atoms with Crippen LogP contribution < -0.4 is 5.73 Å². The lowest BCUT2D eigenvalue weighted by Gasteiger charge is -2.08. The Balaban J connectivity index is 3.00. The van der Waals surface area contributed by atoms with Crippen LogP contribution in [0, 0.1) is 5.82 Å². The number of hydrogen-bond acceptors (Lipinski definition) is 2. The second-order valence-electron chi connectivity index (χ2n) is 2.49. The SMILES string of the molecule is N[C@H](CO)c1cc(F)cc(Br)c1. The number of aliphatic hydroxyl groups excluding tert-OH is 1. The van der Waals surface area contributed by atoms with Crippen LogP contribution in [-0.2, 0) is 0 Å². The summed E-state index contributed by atoms with van der Waals surface area (Å²) in [6.07, 6.45) is 0. The molecule has 0 aliphatic carbocycles. The first-order chi connectivity index (χ1) is 5.63. The van der Waals surface area contributed by atoms with Gasteiger partial charge < -0.3 is 10.8 Å². The van der Waals surface area contributed by atoms with Crippen LogP contribution in [0.15, 0.2) is 22.7 Å². The van der Waals surface area contributed by atoms with Crippen LogP contribution >= 0.6 is 15.9 Å². The lowest BCUT2D eigenvalue weighted by Crippen LogP contribution is -2.14. The summed E-state index contributed by atoms with van der Waals surface area (Å²) in [5, 5.41) is 8.71. The van der Waals surface area contributed by atoms with E-state index in [0.717, 1.165) is 0 Å². The molecule has 1 aromatic rings. The van der Waals surface area contributed by atoms with E-state index in [4.69, 9.17) is 10.8 Å². The summed E-state index contributed by atoms with van der Waals surface area (Å²) in [5.41, 5.74) is 6.08. The summed E-state index contributed by atoms with van der Waals surface area (Å²) < 4.78 is 13.4. The van der Waals surface area contributed by atoms with E-state index in [9.17, 15) is 4.39 Å². The highest BCUT2D eigenvalue weighted by atomic mass is 79.9. The molecule has 0 heterocycles. The summed E-state index contributed by atoms with van der Waals surface area (Å²) in [6.45, 7) is -0.185. The first kappa shape index (κ1) is 9.64. The second-order valence-corrected chi connectivity index (χ2v) is 3.41. The van der Waals surface area contributed by atoms with Crippen molar-refractivity contribution in [3.05, 3.63) is 34.1 Å². The maximum absolute atomic E-state index is 12.8. The molecule has 0 unspecified atom stereocenters. The zero-order chi connectivity index (χ0) is 9.14. The van der Waals surface area contributed by atoms with E-state index >= 15 is 0 Å². The van der Waals surface area contributed by atoms with Crippen molar-refractivity contribution in [2.24, 2.45) is 5.73 Å². The van der Waals surface area contributed by atoms with Gasteiger partial charge in [0.1, 0.15) is 5.82 Å². The van der Waals surface area contributed by atoms with E-state index in [1.165, 1.54) is 12.1 Å². The molecule has 4 heteroatoms. The van der Waals surface area contributed by atoms with E-state index < -0.39 is 6.04 Å². The van der Waals surface area contributed by atoms with Gasteiger partial charge >= 0.3 is 0 Å². The predicted molar refractivity (Wildman–Crippen MR) is 48.1 cm³/mol. The fourth-order valence-corrected chi connectivity index (χ4v) is 1.38. The molecule has 0 amide bonds. The van der Waals surface area contributed by atoms with Crippen molar-refractivity contribution in [2.45, 2.75) is 6.04 Å². The summed E-state index contributed by atoms with van der Waals surface area (Å²) in [4.78, 5) is 0. The molecule has 0 saturated carbocycles. The van der Waals surface area contributed by atoms with E-state index in [1.807, 2.05) is 0 Å². The maximum Gasteiger partial charge on any atom is 0.124 e. The summed E-state index contributed by atoms with van der Waals surface area (Å²) in [6, 6.07) is 3.82. The van der Waals surface area contributed by atoms with Crippen molar-refractivity contribution >= 4 is 15.9 Å². The van der Waals surface area contributed by atoms with Crippen molar-refractivity contribution in [2.75, 3.05) is 6.61 Å². The molecule has 0 saturated heterocycles. The average molecular weight is 234 g/mol. The van der Waals surface area contributed by atoms with Crippen LogP contribution in [0.5, 0.6) is 0 Å². The molecule has 1 atom stereocenters. The van der Waals surface area contributed by atoms with Gasteiger partial charge in [-0.3, -0.25) is 0 Å². The van der Waals surface area contributed by atoms with Gasteiger partial charge in [0.05, 0.1) is 12.6 Å². The highest BCUT2D eigenvalue weighted by molar-refractivity contribution is 9.10. The minimum atomic E-state index is -0.517. The molecule has 3 N–H and O–H groups in total. The van der Waals surface area contributed by atoms with Crippen LogP contribution in [0.2, 0.25) is 0 Å². The van der Waals surface area contributed by atoms with Gasteiger partial charge in [-0.25, -0.2) is 4.39 Å². The van der Waals surface area contributed by atoms with E-state index in [-0.39, 0.29) is 12.4 Å². The number of rotatable bonds is 2. The highest BCUT2D eigenvalue weighted by Gasteiger charge is 2.06. The Labute approximate surface area is 78.3 Å². The Bertz CT molecular complexity index is 260. The predicted octanol–water partition coefficient (Wildman–Crippen LogP) is 1.58. The van der Waals surface area contributed by atoms with Crippen molar-refractivity contribution in [1.29, 1.82) is 0 Å². The summed E-state index contributed by atoms with van der Waals surface area (Å²) in [5.74, 6) is -0.358. The van der Waals surface area contributed by atoms with Gasteiger partial charge in [-0.05, 0) is 23.8 Å². The molecule has 0 aromatic heterocycles. The molecule has 0 aliphatic rings. The molecule has 66 valence electrons. The third-order valence-corrected chi connectivity index (χ3v) is 1.97. The van der Waals surface area contributed by atoms with Gasteiger partial charge in [0.15, 0.2) is 0 Å². The minimum Gasteiger partial charge on any atom is -0.394 e. The van der Waals surface area contributed by atoms with Crippen molar-refractivity contribution in [3.8, 4) is 0 Å². The molecule has 0 spiro atoms. The number of benzene rings is 1. The topological polar surface area (TPSA) is 46.2 Å². The van der Waals surface area contributed by atoms with Crippen LogP contribution in [-0.4, -0.2) is 11.7 Å². The summed E-state index contributed by atoms with van der Waals surface area (Å²) in [7, 11) is 0. The Morgan fingerprint density at radius 2 is 2.17 bits per heavy atom. The van der Waals surface area contributed by atoms with Gasteiger partial charge in [0.25, 0.3) is 0 Å². The first-order valence-electron chi connectivity index (χ1n) is 3.46. The van der Waals surface area contributed by atoms with E-state index in [1.54, 1.807) is 6.07 Å². The smallest absolute Gasteiger partial charge is 0.124 e. The lowest BCUT2D eigenvalue weighted by atomic mass is 10.1. The minimum absolute atomic E-state index is 0.185. The maximum atomic E-state index is 12.8. The van der Waals surface area contributed by atoms with Gasteiger partial charge in [0.2, 0.25) is 0 Å². The molecular weight excluding hydrogens is 225 g/mol. The molecule has 12 heavy (non-hydrogen) atoms. The van der Waals surface area contributed by atoms with Gasteiger partial charge in [-0.15, -0.1) is 0 Å². The number of hydrogen-bond donors (Lipinski definition) is 2. The van der Waals surface area contributed by atoms with Crippen molar-refractivity contribution in [3.63, 3.8) is 0 Å². The summed E-state index contributed by atoms with van der Waals surface area (Å²) >= 11 is 3.13. The zero-order valence-electron chi connectivity index (χ0n) is 6.30. The molecule has 0 fully saturated rings. The number of aliphatic hydroxyl groups is 1. The standard InChI is InChI=1S/C8H9BrFNO/c9-6-1-5(8(11)4-12)2-7(10)3-6/h1-3,8,12H,4,11H2/t8-/m1/s1. The Morgan fingerprint density at radius 3 is 2.67 bits per heavy atom. The Hall–Kier alpha value is -0.450. The van der Waals surface area contributed by atoms with Crippen LogP contribution in [0.25, 0.3) is 0 Å². The van der Waals surface area contributed by atoms with Gasteiger partial charge in [-0.1, -0.05) is 15.9 Å². The average Bonchev–Trinajstić information content (AvgIpc) is 2.01. The molecular formula is C8H9BrFNO. The third-order valence-electron chi connectivity index (χ3n) is 1.51. The Kier molecular flexibility index (Phi) is 3.20. The van der Waals surface area contributed by atoms with E-state index in [0.29, 0.717) is 10.0 Å². The first-order valence-corrected chi connectivity index (χ1v) is 4.25. The zero-order valence-corrected chi connectivity index (χ0v) is 7.88. The van der Waals surface area contributed by atoms with Crippen LogP contribution in [0.4, 0.5) is 4.39 Å². The van der Waals surface area contributed by atoms with E-state index in [2.05, 4.69) is 15.9 Å². The van der Waals surface area contributed by atoms with Crippen molar-refractivity contribution in [1.82, 2.24) is 0 Å². The molecule has 1 rings (SSSR count). The normalized spacial score (nSPS) is 13.0. The quantitative estimate of drug-likeness (QED) is 0.815. The highest BCUT2D eigenvalue weighted by Crippen LogP contribution is 2.18. The van der Waals surface area contributed by atoms with Gasteiger partial charge in [0, 0.05) is 4.47 Å². The van der Waals surface area contributed by atoms with Gasteiger partial charge in [-0.2, -0.15) is 0 Å². The second kappa shape index (κ2) is 3.98. The molecule has 2 nitrogen and oxygen atoms in total.